The second-order valence-corrected chi connectivity index (χ2v) is 10.5. The Kier molecular flexibility index (Phi) is 6.64. The van der Waals surface area contributed by atoms with Crippen LogP contribution in [-0.4, -0.2) is 49.2 Å². The SMILES string of the molecule is CS(=O)(=O)CC[C@@H](C(=O)OCc1ccc(Cl)cc1)N1C(=O)c2ccc(Br)cc2C1=O. The topological polar surface area (TPSA) is 97.8 Å². The van der Waals surface area contributed by atoms with Crippen LogP contribution < -0.4 is 0 Å². The maximum absolute atomic E-state index is 12.9. The zero-order valence-electron chi connectivity index (χ0n) is 15.8. The first kappa shape index (κ1) is 22.5. The van der Waals surface area contributed by atoms with Crippen molar-refractivity contribution in [1.82, 2.24) is 4.90 Å². The summed E-state index contributed by atoms with van der Waals surface area (Å²) in [5.41, 5.74) is 0.947. The first-order valence-corrected chi connectivity index (χ1v) is 12.1. The molecule has 0 bridgehead atoms. The van der Waals surface area contributed by atoms with Crippen LogP contribution in [0.4, 0.5) is 0 Å². The molecule has 0 saturated heterocycles. The van der Waals surface area contributed by atoms with Crippen LogP contribution >= 0.6 is 27.5 Å². The quantitative estimate of drug-likeness (QED) is 0.416. The molecule has 0 spiro atoms. The number of benzene rings is 2. The van der Waals surface area contributed by atoms with Crippen LogP contribution in [0.15, 0.2) is 46.9 Å². The first-order chi connectivity index (χ1) is 14.1. The third kappa shape index (κ3) is 5.08. The van der Waals surface area contributed by atoms with Crippen LogP contribution in [0.5, 0.6) is 0 Å². The van der Waals surface area contributed by atoms with Gasteiger partial charge in [0.05, 0.1) is 16.9 Å². The van der Waals surface area contributed by atoms with E-state index in [2.05, 4.69) is 15.9 Å². The van der Waals surface area contributed by atoms with Crippen molar-refractivity contribution in [2.24, 2.45) is 0 Å². The van der Waals surface area contributed by atoms with Crippen molar-refractivity contribution < 1.29 is 27.5 Å². The van der Waals surface area contributed by atoms with Crippen molar-refractivity contribution in [1.29, 1.82) is 0 Å². The highest BCUT2D eigenvalue weighted by Gasteiger charge is 2.43. The minimum Gasteiger partial charge on any atom is -0.459 e. The Balaban J connectivity index is 1.85. The molecular weight excluding hydrogens is 498 g/mol. The second-order valence-electron chi connectivity index (χ2n) is 6.84. The molecule has 1 aliphatic rings. The highest BCUT2D eigenvalue weighted by atomic mass is 79.9. The fraction of sp³-hybridized carbons (Fsp3) is 0.250. The summed E-state index contributed by atoms with van der Waals surface area (Å²) in [5, 5.41) is 0.522. The van der Waals surface area contributed by atoms with Crippen molar-refractivity contribution in [2.45, 2.75) is 19.1 Å². The Morgan fingerprint density at radius 3 is 2.37 bits per heavy atom. The lowest BCUT2D eigenvalue weighted by molar-refractivity contribution is -0.149. The molecular formula is C20H17BrClNO6S. The number of fused-ring (bicyclic) bond motifs is 1. The van der Waals surface area contributed by atoms with Gasteiger partial charge < -0.3 is 4.74 Å². The fourth-order valence-electron chi connectivity index (χ4n) is 3.02. The highest BCUT2D eigenvalue weighted by Crippen LogP contribution is 2.29. The van der Waals surface area contributed by atoms with Crippen LogP contribution in [0.1, 0.15) is 32.7 Å². The molecule has 2 aromatic rings. The molecule has 30 heavy (non-hydrogen) atoms. The lowest BCUT2D eigenvalue weighted by Gasteiger charge is -2.24. The van der Waals surface area contributed by atoms with Gasteiger partial charge in [0.15, 0.2) is 0 Å². The average Bonchev–Trinajstić information content (AvgIpc) is 2.91. The molecule has 7 nitrogen and oxygen atoms in total. The predicted molar refractivity (Wildman–Crippen MR) is 114 cm³/mol. The van der Waals surface area contributed by atoms with E-state index in [9.17, 15) is 22.8 Å². The maximum Gasteiger partial charge on any atom is 0.329 e. The molecule has 0 unspecified atom stereocenters. The van der Waals surface area contributed by atoms with Crippen LogP contribution in [0.25, 0.3) is 0 Å². The van der Waals surface area contributed by atoms with Gasteiger partial charge in [0.25, 0.3) is 11.8 Å². The van der Waals surface area contributed by atoms with Gasteiger partial charge >= 0.3 is 5.97 Å². The van der Waals surface area contributed by atoms with E-state index in [1.165, 1.54) is 12.1 Å². The maximum atomic E-state index is 12.9. The highest BCUT2D eigenvalue weighted by molar-refractivity contribution is 9.10. The van der Waals surface area contributed by atoms with Crippen molar-refractivity contribution in [3.63, 3.8) is 0 Å². The van der Waals surface area contributed by atoms with E-state index < -0.39 is 33.7 Å². The molecule has 2 amide bonds. The Morgan fingerprint density at radius 2 is 1.73 bits per heavy atom. The number of hydrogen-bond acceptors (Lipinski definition) is 6. The number of rotatable bonds is 7. The van der Waals surface area contributed by atoms with E-state index in [0.29, 0.717) is 15.1 Å². The molecule has 3 rings (SSSR count). The number of nitrogens with zero attached hydrogens (tertiary/aromatic N) is 1. The Hall–Kier alpha value is -2.23. The Bertz CT molecular complexity index is 1120. The van der Waals surface area contributed by atoms with E-state index in [4.69, 9.17) is 16.3 Å². The zero-order valence-corrected chi connectivity index (χ0v) is 19.0. The first-order valence-electron chi connectivity index (χ1n) is 8.83. The summed E-state index contributed by atoms with van der Waals surface area (Å²) in [7, 11) is -3.44. The van der Waals surface area contributed by atoms with Gasteiger partial charge in [0.2, 0.25) is 0 Å². The number of sulfone groups is 1. The summed E-state index contributed by atoms with van der Waals surface area (Å²) in [6.07, 6.45) is 0.757. The fourth-order valence-corrected chi connectivity index (χ4v) is 4.16. The largest absolute Gasteiger partial charge is 0.459 e. The number of imide groups is 1. The monoisotopic (exact) mass is 513 g/mol. The van der Waals surface area contributed by atoms with Crippen LogP contribution in [0.2, 0.25) is 5.02 Å². The molecule has 1 heterocycles. The molecule has 0 radical (unpaired) electrons. The van der Waals surface area contributed by atoms with E-state index in [-0.39, 0.29) is 29.9 Å². The smallest absolute Gasteiger partial charge is 0.329 e. The van der Waals surface area contributed by atoms with Crippen LogP contribution in [0, 0.1) is 0 Å². The Labute approximate surface area is 187 Å². The summed E-state index contributed by atoms with van der Waals surface area (Å²) < 4.78 is 29.2. The molecule has 1 aliphatic heterocycles. The minimum absolute atomic E-state index is 0.111. The van der Waals surface area contributed by atoms with Gasteiger partial charge in [-0.05, 0) is 42.3 Å². The van der Waals surface area contributed by atoms with Gasteiger partial charge in [-0.3, -0.25) is 14.5 Å². The summed E-state index contributed by atoms with van der Waals surface area (Å²) in [6, 6.07) is 9.81. The van der Waals surface area contributed by atoms with Crippen LogP contribution in [-0.2, 0) is 26.0 Å². The summed E-state index contributed by atoms with van der Waals surface area (Å²) >= 11 is 9.08. The van der Waals surface area contributed by atoms with Gasteiger partial charge in [-0.25, -0.2) is 13.2 Å². The van der Waals surface area contributed by atoms with Gasteiger partial charge in [-0.2, -0.15) is 0 Å². The molecule has 0 saturated carbocycles. The number of esters is 1. The van der Waals surface area contributed by atoms with Crippen molar-refractivity contribution in [3.05, 3.63) is 68.7 Å². The standard InChI is InChI=1S/C20H17BrClNO6S/c1-30(27,28)9-8-17(20(26)29-11-12-2-5-14(22)6-3-12)23-18(24)15-7-4-13(21)10-16(15)19(23)25/h2-7,10,17H,8-9,11H2,1H3/t17-/m0/s1. The van der Waals surface area contributed by atoms with E-state index in [0.717, 1.165) is 11.2 Å². The molecule has 1 atom stereocenters. The van der Waals surface area contributed by atoms with Crippen LogP contribution in [0.3, 0.4) is 0 Å². The van der Waals surface area contributed by atoms with E-state index >= 15 is 0 Å². The molecule has 158 valence electrons. The molecule has 0 fully saturated rings. The van der Waals surface area contributed by atoms with Gasteiger partial charge in [0, 0.05) is 15.8 Å². The third-order valence-corrected chi connectivity index (χ3v) is 6.24. The molecule has 0 N–H and O–H groups in total. The predicted octanol–water partition coefficient (Wildman–Crippen LogP) is 3.25. The van der Waals surface area contributed by atoms with Gasteiger partial charge in [-0.1, -0.05) is 39.7 Å². The molecule has 0 aliphatic carbocycles. The average molecular weight is 515 g/mol. The number of carbonyl (C=O) groups is 3. The lowest BCUT2D eigenvalue weighted by Crippen LogP contribution is -2.46. The lowest BCUT2D eigenvalue weighted by atomic mass is 10.1. The number of halogens is 2. The van der Waals surface area contributed by atoms with E-state index in [1.807, 2.05) is 0 Å². The molecule has 0 aromatic heterocycles. The molecule has 10 heteroatoms. The van der Waals surface area contributed by atoms with Crippen molar-refractivity contribution >= 4 is 55.2 Å². The third-order valence-electron chi connectivity index (χ3n) is 4.52. The minimum atomic E-state index is -3.44. The number of ether oxygens (including phenoxy) is 1. The zero-order chi connectivity index (χ0) is 22.1. The second kappa shape index (κ2) is 8.87. The van der Waals surface area contributed by atoms with Crippen molar-refractivity contribution in [3.8, 4) is 0 Å². The van der Waals surface area contributed by atoms with Crippen molar-refractivity contribution in [2.75, 3.05) is 12.0 Å². The normalized spacial score (nSPS) is 14.6. The number of carbonyl (C=O) groups excluding carboxylic acids is 3. The summed E-state index contributed by atoms with van der Waals surface area (Å²) in [5.74, 6) is -2.57. The molecule has 2 aromatic carbocycles. The Morgan fingerprint density at radius 1 is 1.10 bits per heavy atom. The van der Waals surface area contributed by atoms with Gasteiger partial charge in [0.1, 0.15) is 22.5 Å². The van der Waals surface area contributed by atoms with E-state index in [1.54, 1.807) is 30.3 Å². The summed E-state index contributed by atoms with van der Waals surface area (Å²) in [6.45, 7) is -0.111. The number of amides is 2. The number of hydrogen-bond donors (Lipinski definition) is 0. The summed E-state index contributed by atoms with van der Waals surface area (Å²) in [4.78, 5) is 39.3. The van der Waals surface area contributed by atoms with Gasteiger partial charge in [-0.15, -0.1) is 0 Å².